The van der Waals surface area contributed by atoms with Crippen LogP contribution in [0.4, 0.5) is 0 Å². The van der Waals surface area contributed by atoms with Crippen molar-refractivity contribution < 1.29 is 9.53 Å². The molecule has 2 aromatic carbocycles. The SMILES string of the molecule is Cl.NCC1CCCN1C(=O)Cn1c(COc2ccc(Cl)cc2)nc2ccccc21. The Hall–Kier alpha value is -2.28. The molecular weight excluding hydrogens is 411 g/mol. The minimum absolute atomic E-state index is 0. The number of benzene rings is 2. The third-order valence-electron chi connectivity index (χ3n) is 5.18. The Morgan fingerprint density at radius 2 is 1.97 bits per heavy atom. The number of fused-ring (bicyclic) bond motifs is 1. The number of nitrogens with zero attached hydrogens (tertiary/aromatic N) is 3. The molecule has 0 spiro atoms. The van der Waals surface area contributed by atoms with E-state index in [4.69, 9.17) is 22.1 Å². The van der Waals surface area contributed by atoms with Crippen LogP contribution in [0.3, 0.4) is 0 Å². The summed E-state index contributed by atoms with van der Waals surface area (Å²) in [6, 6.07) is 15.1. The van der Waals surface area contributed by atoms with E-state index in [1.54, 1.807) is 12.1 Å². The smallest absolute Gasteiger partial charge is 0.242 e. The molecule has 3 aromatic rings. The molecule has 1 atom stereocenters. The highest BCUT2D eigenvalue weighted by atomic mass is 35.5. The number of halogens is 2. The molecule has 1 aliphatic heterocycles. The first kappa shape index (κ1) is 21.4. The number of aromatic nitrogens is 2. The van der Waals surface area contributed by atoms with Crippen molar-refractivity contribution in [3.8, 4) is 5.75 Å². The Labute approximate surface area is 181 Å². The van der Waals surface area contributed by atoms with E-state index in [-0.39, 0.29) is 37.5 Å². The van der Waals surface area contributed by atoms with Gasteiger partial charge in [0, 0.05) is 24.2 Å². The third kappa shape index (κ3) is 4.66. The quantitative estimate of drug-likeness (QED) is 0.642. The number of likely N-dealkylation sites (tertiary alicyclic amines) is 1. The second-order valence-corrected chi connectivity index (χ2v) is 7.40. The van der Waals surface area contributed by atoms with Gasteiger partial charge in [-0.3, -0.25) is 4.79 Å². The Morgan fingerprint density at radius 1 is 1.21 bits per heavy atom. The molecule has 0 saturated carbocycles. The number of hydrogen-bond acceptors (Lipinski definition) is 4. The molecule has 0 aliphatic carbocycles. The van der Waals surface area contributed by atoms with Crippen LogP contribution < -0.4 is 10.5 Å². The largest absolute Gasteiger partial charge is 0.486 e. The van der Waals surface area contributed by atoms with Crippen LogP contribution in [0.2, 0.25) is 5.02 Å². The van der Waals surface area contributed by atoms with Gasteiger partial charge in [-0.25, -0.2) is 4.98 Å². The fourth-order valence-corrected chi connectivity index (χ4v) is 3.85. The average Bonchev–Trinajstić information content (AvgIpc) is 3.32. The number of carbonyl (C=O) groups is 1. The molecule has 4 rings (SSSR count). The summed E-state index contributed by atoms with van der Waals surface area (Å²) in [5, 5.41) is 0.658. The fraction of sp³-hybridized carbons (Fsp3) is 0.333. The summed E-state index contributed by atoms with van der Waals surface area (Å²) < 4.78 is 7.82. The number of nitrogens with two attached hydrogens (primary N) is 1. The predicted molar refractivity (Wildman–Crippen MR) is 117 cm³/mol. The molecule has 6 nitrogen and oxygen atoms in total. The standard InChI is InChI=1S/C21H23ClN4O2.ClH/c22-15-7-9-17(10-8-15)28-14-20-24-18-5-1-2-6-19(18)26(20)13-21(27)25-11-3-4-16(25)12-23;/h1-2,5-10,16H,3-4,11-14,23H2;1H. The Balaban J connectivity index is 0.00000240. The molecule has 29 heavy (non-hydrogen) atoms. The highest BCUT2D eigenvalue weighted by molar-refractivity contribution is 6.30. The van der Waals surface area contributed by atoms with Crippen LogP contribution in [0.15, 0.2) is 48.5 Å². The van der Waals surface area contributed by atoms with Gasteiger partial charge in [-0.1, -0.05) is 23.7 Å². The number of amides is 1. The zero-order chi connectivity index (χ0) is 19.5. The first-order valence-corrected chi connectivity index (χ1v) is 9.85. The minimum atomic E-state index is 0. The molecule has 1 unspecified atom stereocenters. The van der Waals surface area contributed by atoms with Gasteiger partial charge >= 0.3 is 0 Å². The molecule has 1 aliphatic rings. The van der Waals surface area contributed by atoms with Crippen LogP contribution in [-0.4, -0.2) is 39.5 Å². The molecule has 0 radical (unpaired) electrons. The molecule has 0 bridgehead atoms. The van der Waals surface area contributed by atoms with Crippen molar-refractivity contribution >= 4 is 40.9 Å². The summed E-state index contributed by atoms with van der Waals surface area (Å²) >= 11 is 5.93. The lowest BCUT2D eigenvalue weighted by Gasteiger charge is -2.24. The van der Waals surface area contributed by atoms with Gasteiger partial charge in [0.2, 0.25) is 5.91 Å². The van der Waals surface area contributed by atoms with Crippen LogP contribution in [0.25, 0.3) is 11.0 Å². The van der Waals surface area contributed by atoms with Crippen LogP contribution in [-0.2, 0) is 17.9 Å². The highest BCUT2D eigenvalue weighted by Gasteiger charge is 2.28. The number of carbonyl (C=O) groups excluding carboxylic acids is 1. The Bertz CT molecular complexity index is 974. The second-order valence-electron chi connectivity index (χ2n) is 6.96. The van der Waals surface area contributed by atoms with E-state index >= 15 is 0 Å². The molecule has 2 heterocycles. The highest BCUT2D eigenvalue weighted by Crippen LogP contribution is 2.22. The predicted octanol–water partition coefficient (Wildman–Crippen LogP) is 3.64. The zero-order valence-corrected chi connectivity index (χ0v) is 17.5. The lowest BCUT2D eigenvalue weighted by atomic mass is 10.2. The summed E-state index contributed by atoms with van der Waals surface area (Å²) in [6.45, 7) is 1.77. The van der Waals surface area contributed by atoms with E-state index < -0.39 is 0 Å². The van der Waals surface area contributed by atoms with Crippen molar-refractivity contribution in [2.45, 2.75) is 32.0 Å². The van der Waals surface area contributed by atoms with Gasteiger partial charge in [0.05, 0.1) is 11.0 Å². The van der Waals surface area contributed by atoms with Crippen molar-refractivity contribution in [2.24, 2.45) is 5.73 Å². The van der Waals surface area contributed by atoms with Crippen molar-refractivity contribution in [1.82, 2.24) is 14.5 Å². The minimum Gasteiger partial charge on any atom is -0.486 e. The van der Waals surface area contributed by atoms with Crippen molar-refractivity contribution in [1.29, 1.82) is 0 Å². The number of para-hydroxylation sites is 2. The van der Waals surface area contributed by atoms with E-state index in [0.29, 0.717) is 23.1 Å². The van der Waals surface area contributed by atoms with E-state index in [2.05, 4.69) is 4.98 Å². The van der Waals surface area contributed by atoms with E-state index in [1.165, 1.54) is 0 Å². The summed E-state index contributed by atoms with van der Waals surface area (Å²) in [5.74, 6) is 1.49. The topological polar surface area (TPSA) is 73.4 Å². The average molecular weight is 435 g/mol. The van der Waals surface area contributed by atoms with Gasteiger partial charge in [-0.2, -0.15) is 0 Å². The first-order chi connectivity index (χ1) is 13.7. The molecular formula is C21H24Cl2N4O2. The Morgan fingerprint density at radius 3 is 2.72 bits per heavy atom. The summed E-state index contributed by atoms with van der Waals surface area (Å²) in [4.78, 5) is 19.5. The first-order valence-electron chi connectivity index (χ1n) is 9.48. The number of imidazole rings is 1. The molecule has 1 fully saturated rings. The van der Waals surface area contributed by atoms with Gasteiger partial charge in [0.1, 0.15) is 24.7 Å². The third-order valence-corrected chi connectivity index (χ3v) is 5.43. The number of hydrogen-bond donors (Lipinski definition) is 1. The Kier molecular flexibility index (Phi) is 7.00. The molecule has 1 saturated heterocycles. The van der Waals surface area contributed by atoms with Crippen LogP contribution in [0.1, 0.15) is 18.7 Å². The molecule has 2 N–H and O–H groups in total. The maximum absolute atomic E-state index is 13.0. The van der Waals surface area contributed by atoms with E-state index in [9.17, 15) is 4.79 Å². The lowest BCUT2D eigenvalue weighted by Crippen LogP contribution is -2.41. The summed E-state index contributed by atoms with van der Waals surface area (Å²) in [6.07, 6.45) is 1.98. The van der Waals surface area contributed by atoms with Crippen LogP contribution in [0.5, 0.6) is 5.75 Å². The van der Waals surface area contributed by atoms with Crippen molar-refractivity contribution in [2.75, 3.05) is 13.1 Å². The fourth-order valence-electron chi connectivity index (χ4n) is 3.73. The molecule has 154 valence electrons. The van der Waals surface area contributed by atoms with Crippen LogP contribution in [0, 0.1) is 0 Å². The van der Waals surface area contributed by atoms with Gasteiger partial charge in [0.15, 0.2) is 0 Å². The molecule has 1 amide bonds. The summed E-state index contributed by atoms with van der Waals surface area (Å²) in [5.41, 5.74) is 7.61. The van der Waals surface area contributed by atoms with Gasteiger partial charge in [0.25, 0.3) is 0 Å². The summed E-state index contributed by atoms with van der Waals surface area (Å²) in [7, 11) is 0. The molecule has 1 aromatic heterocycles. The van der Waals surface area contributed by atoms with Crippen molar-refractivity contribution in [3.05, 3.63) is 59.4 Å². The van der Waals surface area contributed by atoms with E-state index in [1.807, 2.05) is 45.9 Å². The van der Waals surface area contributed by atoms with Gasteiger partial charge in [-0.05, 0) is 49.2 Å². The van der Waals surface area contributed by atoms with Crippen LogP contribution >= 0.6 is 24.0 Å². The lowest BCUT2D eigenvalue weighted by molar-refractivity contribution is -0.132. The maximum atomic E-state index is 13.0. The number of rotatable bonds is 6. The normalized spacial score (nSPS) is 16.1. The van der Waals surface area contributed by atoms with Gasteiger partial charge in [-0.15, -0.1) is 12.4 Å². The van der Waals surface area contributed by atoms with Crippen molar-refractivity contribution in [3.63, 3.8) is 0 Å². The molecule has 8 heteroatoms. The zero-order valence-electron chi connectivity index (χ0n) is 16.0. The van der Waals surface area contributed by atoms with E-state index in [0.717, 1.165) is 30.4 Å². The number of ether oxygens (including phenoxy) is 1. The van der Waals surface area contributed by atoms with Gasteiger partial charge < -0.3 is 19.9 Å². The second kappa shape index (κ2) is 9.48. The maximum Gasteiger partial charge on any atom is 0.242 e. The monoisotopic (exact) mass is 434 g/mol.